The van der Waals surface area contributed by atoms with Gasteiger partial charge in [-0.1, -0.05) is 25.7 Å². The zero-order chi connectivity index (χ0) is 10.6. The lowest BCUT2D eigenvalue weighted by molar-refractivity contribution is -0.00557. The molecular formula is C13H24OS. The highest BCUT2D eigenvalue weighted by Gasteiger charge is 2.29. The summed E-state index contributed by atoms with van der Waals surface area (Å²) in [5.74, 6) is 1.35. The molecule has 0 spiro atoms. The van der Waals surface area contributed by atoms with Gasteiger partial charge in [0.25, 0.3) is 0 Å². The van der Waals surface area contributed by atoms with Crippen molar-refractivity contribution in [3.63, 3.8) is 0 Å². The van der Waals surface area contributed by atoms with E-state index in [2.05, 4.69) is 11.8 Å². The molecule has 2 fully saturated rings. The van der Waals surface area contributed by atoms with Crippen LogP contribution < -0.4 is 0 Å². The minimum absolute atomic E-state index is 0.281. The molecule has 0 bridgehead atoms. The predicted molar refractivity (Wildman–Crippen MR) is 67.4 cm³/mol. The molecule has 1 saturated carbocycles. The van der Waals surface area contributed by atoms with Crippen LogP contribution >= 0.6 is 11.8 Å². The molecule has 1 aliphatic heterocycles. The Hall–Kier alpha value is 0.310. The van der Waals surface area contributed by atoms with Crippen LogP contribution in [-0.2, 0) is 0 Å². The molecule has 88 valence electrons. The third-order valence-corrected chi connectivity index (χ3v) is 5.46. The summed E-state index contributed by atoms with van der Waals surface area (Å²) in [6.45, 7) is 0. The maximum atomic E-state index is 10.4. The first-order valence-corrected chi connectivity index (χ1v) is 7.67. The third-order valence-electron chi connectivity index (χ3n) is 3.99. The molecule has 1 aliphatic carbocycles. The second-order valence-electron chi connectivity index (χ2n) is 5.31. The summed E-state index contributed by atoms with van der Waals surface area (Å²) >= 11 is 2.14. The molecule has 1 nitrogen and oxygen atoms in total. The summed E-state index contributed by atoms with van der Waals surface area (Å²) in [7, 11) is 0. The summed E-state index contributed by atoms with van der Waals surface area (Å²) in [4.78, 5) is 0. The zero-order valence-electron chi connectivity index (χ0n) is 9.71. The first-order chi connectivity index (χ1) is 7.29. The molecule has 0 aromatic carbocycles. The highest BCUT2D eigenvalue weighted by Crippen LogP contribution is 2.35. The molecule has 1 unspecified atom stereocenters. The van der Waals surface area contributed by atoms with E-state index in [9.17, 15) is 5.11 Å². The number of thioether (sulfide) groups is 1. The average Bonchev–Trinajstić information content (AvgIpc) is 2.29. The van der Waals surface area contributed by atoms with Crippen molar-refractivity contribution in [2.45, 2.75) is 75.1 Å². The maximum absolute atomic E-state index is 10.4. The van der Waals surface area contributed by atoms with Crippen LogP contribution in [0.3, 0.4) is 0 Å². The highest BCUT2D eigenvalue weighted by atomic mass is 32.2. The molecule has 2 rings (SSSR count). The number of hydrogen-bond acceptors (Lipinski definition) is 2. The molecule has 15 heavy (non-hydrogen) atoms. The van der Waals surface area contributed by atoms with E-state index in [0.29, 0.717) is 0 Å². The monoisotopic (exact) mass is 228 g/mol. The van der Waals surface area contributed by atoms with Gasteiger partial charge < -0.3 is 5.11 Å². The fourth-order valence-electron chi connectivity index (χ4n) is 2.92. The van der Waals surface area contributed by atoms with Gasteiger partial charge in [-0.05, 0) is 44.3 Å². The minimum atomic E-state index is -0.281. The van der Waals surface area contributed by atoms with E-state index >= 15 is 0 Å². The van der Waals surface area contributed by atoms with Crippen molar-refractivity contribution in [3.8, 4) is 0 Å². The summed E-state index contributed by atoms with van der Waals surface area (Å²) < 4.78 is 0. The SMILES string of the molecule is OC1(CCC2CCCCS2)CCCCC1. The first kappa shape index (κ1) is 11.8. The fraction of sp³-hybridized carbons (Fsp3) is 1.00. The molecule has 0 aromatic heterocycles. The van der Waals surface area contributed by atoms with Crippen LogP contribution in [0.5, 0.6) is 0 Å². The number of hydrogen-bond donors (Lipinski definition) is 1. The largest absolute Gasteiger partial charge is 0.390 e. The summed E-state index contributed by atoms with van der Waals surface area (Å²) in [6.07, 6.45) is 12.5. The van der Waals surface area contributed by atoms with Crippen LogP contribution in [0, 0.1) is 0 Å². The van der Waals surface area contributed by atoms with Crippen molar-refractivity contribution in [2.75, 3.05) is 5.75 Å². The quantitative estimate of drug-likeness (QED) is 0.794. The normalized spacial score (nSPS) is 31.4. The van der Waals surface area contributed by atoms with Gasteiger partial charge in [-0.15, -0.1) is 0 Å². The van der Waals surface area contributed by atoms with Crippen molar-refractivity contribution < 1.29 is 5.11 Å². The van der Waals surface area contributed by atoms with E-state index in [4.69, 9.17) is 0 Å². The summed E-state index contributed by atoms with van der Waals surface area (Å²) in [5.41, 5.74) is -0.281. The van der Waals surface area contributed by atoms with Gasteiger partial charge in [0, 0.05) is 5.25 Å². The van der Waals surface area contributed by atoms with Crippen LogP contribution in [0.25, 0.3) is 0 Å². The summed E-state index contributed by atoms with van der Waals surface area (Å²) in [5, 5.41) is 11.2. The molecule has 1 heterocycles. The van der Waals surface area contributed by atoms with Gasteiger partial charge in [0.15, 0.2) is 0 Å². The second-order valence-corrected chi connectivity index (χ2v) is 6.72. The third kappa shape index (κ3) is 3.67. The molecule has 0 aromatic rings. The molecule has 1 N–H and O–H groups in total. The second kappa shape index (κ2) is 5.58. The van der Waals surface area contributed by atoms with Crippen molar-refractivity contribution in [2.24, 2.45) is 0 Å². The van der Waals surface area contributed by atoms with Crippen LogP contribution in [0.15, 0.2) is 0 Å². The van der Waals surface area contributed by atoms with Gasteiger partial charge in [-0.3, -0.25) is 0 Å². The summed E-state index contributed by atoms with van der Waals surface area (Å²) in [6, 6.07) is 0. The van der Waals surface area contributed by atoms with Crippen molar-refractivity contribution >= 4 is 11.8 Å². The lowest BCUT2D eigenvalue weighted by Crippen LogP contribution is -2.32. The van der Waals surface area contributed by atoms with Gasteiger partial charge in [-0.25, -0.2) is 0 Å². The molecule has 1 atom stereocenters. The smallest absolute Gasteiger partial charge is 0.0648 e. The lowest BCUT2D eigenvalue weighted by Gasteiger charge is -2.33. The van der Waals surface area contributed by atoms with Crippen molar-refractivity contribution in [1.82, 2.24) is 0 Å². The minimum Gasteiger partial charge on any atom is -0.390 e. The maximum Gasteiger partial charge on any atom is 0.0648 e. The Morgan fingerprint density at radius 2 is 1.87 bits per heavy atom. The topological polar surface area (TPSA) is 20.2 Å². The van der Waals surface area contributed by atoms with Crippen LogP contribution in [0.4, 0.5) is 0 Å². The molecular weight excluding hydrogens is 204 g/mol. The van der Waals surface area contributed by atoms with E-state index in [-0.39, 0.29) is 5.60 Å². The van der Waals surface area contributed by atoms with E-state index in [0.717, 1.165) is 24.5 Å². The number of aliphatic hydroxyl groups is 1. The Kier molecular flexibility index (Phi) is 4.39. The predicted octanol–water partition coefficient (Wildman–Crippen LogP) is 3.75. The Morgan fingerprint density at radius 3 is 2.53 bits per heavy atom. The van der Waals surface area contributed by atoms with Crippen LogP contribution in [0.2, 0.25) is 0 Å². The lowest BCUT2D eigenvalue weighted by atomic mass is 9.81. The Labute approximate surface area is 98.0 Å². The van der Waals surface area contributed by atoms with E-state index in [1.807, 2.05) is 0 Å². The molecule has 0 radical (unpaired) electrons. The van der Waals surface area contributed by atoms with Gasteiger partial charge in [0.2, 0.25) is 0 Å². The van der Waals surface area contributed by atoms with Gasteiger partial charge in [0.05, 0.1) is 5.60 Å². The Morgan fingerprint density at radius 1 is 1.07 bits per heavy atom. The molecule has 0 amide bonds. The Bertz CT molecular complexity index is 181. The van der Waals surface area contributed by atoms with Gasteiger partial charge in [0.1, 0.15) is 0 Å². The number of rotatable bonds is 3. The highest BCUT2D eigenvalue weighted by molar-refractivity contribution is 7.99. The van der Waals surface area contributed by atoms with Crippen molar-refractivity contribution in [1.29, 1.82) is 0 Å². The van der Waals surface area contributed by atoms with E-state index in [1.54, 1.807) is 0 Å². The van der Waals surface area contributed by atoms with Crippen molar-refractivity contribution in [3.05, 3.63) is 0 Å². The molecule has 2 aliphatic rings. The molecule has 1 saturated heterocycles. The zero-order valence-corrected chi connectivity index (χ0v) is 10.5. The first-order valence-electron chi connectivity index (χ1n) is 6.63. The van der Waals surface area contributed by atoms with E-state index < -0.39 is 0 Å². The fourth-order valence-corrected chi connectivity index (χ4v) is 4.25. The Balaban J connectivity index is 1.70. The van der Waals surface area contributed by atoms with Crippen LogP contribution in [0.1, 0.15) is 64.2 Å². The van der Waals surface area contributed by atoms with Gasteiger partial charge in [-0.2, -0.15) is 11.8 Å². The molecule has 2 heteroatoms. The van der Waals surface area contributed by atoms with Crippen LogP contribution in [-0.4, -0.2) is 21.7 Å². The van der Waals surface area contributed by atoms with Gasteiger partial charge >= 0.3 is 0 Å². The standard InChI is InChI=1S/C13H24OS/c14-13(8-3-1-4-9-13)10-7-12-6-2-5-11-15-12/h12,14H,1-11H2. The average molecular weight is 228 g/mol. The van der Waals surface area contributed by atoms with E-state index in [1.165, 1.54) is 50.7 Å².